The van der Waals surface area contributed by atoms with E-state index in [1.54, 1.807) is 44.7 Å². The molecular formula is C49H58F7N5O7. The van der Waals surface area contributed by atoms with Crippen molar-refractivity contribution in [2.75, 3.05) is 79.8 Å². The van der Waals surface area contributed by atoms with E-state index in [0.29, 0.717) is 89.2 Å². The predicted molar refractivity (Wildman–Crippen MR) is 235 cm³/mol. The molecule has 0 bridgehead atoms. The van der Waals surface area contributed by atoms with Crippen molar-refractivity contribution in [3.63, 3.8) is 0 Å². The van der Waals surface area contributed by atoms with Crippen molar-refractivity contribution in [1.82, 2.24) is 24.5 Å². The second kappa shape index (κ2) is 19.6. The minimum atomic E-state index is -5.14. The number of amides is 4. The van der Waals surface area contributed by atoms with Crippen molar-refractivity contribution in [2.24, 2.45) is 5.92 Å². The number of rotatable bonds is 13. The highest BCUT2D eigenvalue weighted by Crippen LogP contribution is 2.48. The van der Waals surface area contributed by atoms with Gasteiger partial charge in [-0.3, -0.25) is 14.4 Å². The van der Waals surface area contributed by atoms with Crippen LogP contribution in [0.15, 0.2) is 66.7 Å². The Balaban J connectivity index is 0.942. The third-order valence-electron chi connectivity index (χ3n) is 13.7. The molecule has 0 saturated carbocycles. The molecule has 2 atom stereocenters. The van der Waals surface area contributed by atoms with Gasteiger partial charge >= 0.3 is 18.4 Å². The number of hydrogen-bond acceptors (Lipinski definition) is 8. The van der Waals surface area contributed by atoms with E-state index in [1.807, 2.05) is 12.1 Å². The van der Waals surface area contributed by atoms with E-state index in [0.717, 1.165) is 16.0 Å². The van der Waals surface area contributed by atoms with Crippen molar-refractivity contribution >= 4 is 23.8 Å². The van der Waals surface area contributed by atoms with Crippen LogP contribution in [0.3, 0.4) is 0 Å². The maximum atomic E-state index is 14.1. The van der Waals surface area contributed by atoms with Crippen LogP contribution in [0, 0.1) is 11.7 Å². The monoisotopic (exact) mass is 961 g/mol. The minimum absolute atomic E-state index is 0.0311. The molecule has 3 fully saturated rings. The maximum absolute atomic E-state index is 14.1. The van der Waals surface area contributed by atoms with Gasteiger partial charge in [-0.25, -0.2) is 9.18 Å². The Bertz CT molecular complexity index is 2290. The number of benzene rings is 3. The van der Waals surface area contributed by atoms with E-state index in [4.69, 9.17) is 14.2 Å². The van der Waals surface area contributed by atoms with Gasteiger partial charge < -0.3 is 38.7 Å². The standard InChI is InChI=1S/C49H58F7N5O7/c1-45(2,3)68-44(65)60-27-34(28-60)42(63)58(5)19-8-18-57(4)41(62)29-66-40-25-32-9-6-7-10-39(32)46(40)15-20-59(21-16-46)22-17-47(35-11-13-38(50)14-12-35)30-61(31-67-47)43(64)33-23-36(48(51,52)53)26-37(24-33)49(54,55)56/h6-7,9-14,23-24,26,34,40H,8,15-22,25,27-31H2,1-5H3/t40-,47-/m0/s1. The van der Waals surface area contributed by atoms with Gasteiger partial charge in [-0.2, -0.15) is 26.3 Å². The first-order chi connectivity index (χ1) is 31.9. The topological polar surface area (TPSA) is 112 Å². The molecule has 3 heterocycles. The zero-order valence-corrected chi connectivity index (χ0v) is 38.9. The summed E-state index contributed by atoms with van der Waals surface area (Å²) >= 11 is 0. The van der Waals surface area contributed by atoms with Crippen LogP contribution in [0.4, 0.5) is 35.5 Å². The Morgan fingerprint density at radius 2 is 1.44 bits per heavy atom. The molecule has 0 aromatic heterocycles. The number of hydrogen-bond donors (Lipinski definition) is 0. The highest BCUT2D eigenvalue weighted by molar-refractivity contribution is 5.95. The molecule has 3 saturated heterocycles. The van der Waals surface area contributed by atoms with Crippen LogP contribution in [-0.4, -0.2) is 140 Å². The first kappa shape index (κ1) is 50.6. The van der Waals surface area contributed by atoms with Gasteiger partial charge in [0.2, 0.25) is 11.8 Å². The number of carbonyl (C=O) groups excluding carboxylic acids is 4. The third-order valence-corrected chi connectivity index (χ3v) is 13.7. The van der Waals surface area contributed by atoms with Gasteiger partial charge in [0.05, 0.1) is 29.7 Å². The lowest BCUT2D eigenvalue weighted by Crippen LogP contribution is -2.57. The zero-order chi connectivity index (χ0) is 49.4. The van der Waals surface area contributed by atoms with Gasteiger partial charge in [-0.1, -0.05) is 36.4 Å². The first-order valence-electron chi connectivity index (χ1n) is 22.8. The number of nitrogens with zero attached hydrogens (tertiary/aromatic N) is 5. The highest BCUT2D eigenvalue weighted by atomic mass is 19.4. The molecule has 7 rings (SSSR count). The lowest BCUT2D eigenvalue weighted by atomic mass is 9.72. The second-order valence-electron chi connectivity index (χ2n) is 19.5. The molecule has 0 radical (unpaired) electrons. The molecule has 0 N–H and O–H groups in total. The Kier molecular flexibility index (Phi) is 14.6. The Morgan fingerprint density at radius 1 is 0.824 bits per heavy atom. The molecule has 1 spiro atoms. The van der Waals surface area contributed by atoms with Crippen molar-refractivity contribution in [2.45, 2.75) is 87.9 Å². The zero-order valence-electron chi connectivity index (χ0n) is 38.9. The minimum Gasteiger partial charge on any atom is -0.444 e. The van der Waals surface area contributed by atoms with E-state index < -0.39 is 70.2 Å². The highest BCUT2D eigenvalue weighted by Gasteiger charge is 2.50. The molecule has 3 aromatic rings. The van der Waals surface area contributed by atoms with Crippen LogP contribution in [0.25, 0.3) is 0 Å². The summed E-state index contributed by atoms with van der Waals surface area (Å²) in [6.07, 6.45) is -8.22. The van der Waals surface area contributed by atoms with Gasteiger partial charge in [0.1, 0.15) is 30.4 Å². The van der Waals surface area contributed by atoms with Crippen molar-refractivity contribution in [3.05, 3.63) is 106 Å². The Morgan fingerprint density at radius 3 is 2.06 bits per heavy atom. The fourth-order valence-corrected chi connectivity index (χ4v) is 9.78. The fourth-order valence-electron chi connectivity index (χ4n) is 9.78. The van der Waals surface area contributed by atoms with Crippen LogP contribution < -0.4 is 0 Å². The lowest BCUT2D eigenvalue weighted by molar-refractivity contribution is -0.143. The summed E-state index contributed by atoms with van der Waals surface area (Å²) in [5.41, 5.74) is -3.46. The summed E-state index contributed by atoms with van der Waals surface area (Å²) in [6, 6.07) is 14.3. The predicted octanol–water partition coefficient (Wildman–Crippen LogP) is 7.73. The smallest absolute Gasteiger partial charge is 0.416 e. The number of likely N-dealkylation sites (tertiary alicyclic amines) is 2. The number of likely N-dealkylation sites (N-methyl/N-ethyl adjacent to an activating group) is 1. The summed E-state index contributed by atoms with van der Waals surface area (Å²) in [6.45, 7) is 7.68. The maximum Gasteiger partial charge on any atom is 0.416 e. The Hall–Kier alpha value is -5.27. The fraction of sp³-hybridized carbons (Fsp3) is 0.551. The van der Waals surface area contributed by atoms with Gasteiger partial charge in [-0.05, 0) is 113 Å². The largest absolute Gasteiger partial charge is 0.444 e. The molecule has 370 valence electrons. The summed E-state index contributed by atoms with van der Waals surface area (Å²) in [4.78, 5) is 60.3. The lowest BCUT2D eigenvalue weighted by Gasteiger charge is -2.44. The van der Waals surface area contributed by atoms with E-state index in [2.05, 4.69) is 17.0 Å². The van der Waals surface area contributed by atoms with Gasteiger partial charge in [0.15, 0.2) is 0 Å². The summed E-state index contributed by atoms with van der Waals surface area (Å²) in [7, 11) is 3.41. The molecule has 4 amide bonds. The summed E-state index contributed by atoms with van der Waals surface area (Å²) in [5.74, 6) is -2.16. The molecule has 0 unspecified atom stereocenters. The quantitative estimate of drug-likeness (QED) is 0.160. The normalized spacial score (nSPS) is 20.9. The van der Waals surface area contributed by atoms with Crippen LogP contribution in [0.5, 0.6) is 0 Å². The van der Waals surface area contributed by atoms with E-state index in [-0.39, 0.29) is 49.5 Å². The molecule has 4 aliphatic rings. The van der Waals surface area contributed by atoms with Crippen molar-refractivity contribution in [3.8, 4) is 0 Å². The molecular weight excluding hydrogens is 904 g/mol. The third kappa shape index (κ3) is 11.3. The number of piperidine rings is 1. The summed E-state index contributed by atoms with van der Waals surface area (Å²) in [5, 5.41) is 0. The van der Waals surface area contributed by atoms with E-state index in [9.17, 15) is 49.9 Å². The molecule has 1 aliphatic carbocycles. The van der Waals surface area contributed by atoms with Crippen LogP contribution in [0.2, 0.25) is 0 Å². The SMILES string of the molecule is CN(CCCN(C)C(=O)C1CN(C(=O)OC(C)(C)C)C1)C(=O)CO[C@H]1Cc2ccccc2C12CCN(CC[C@@]1(c3ccc(F)cc3)CN(C(=O)c3cc(C(F)(F)F)cc(C(F)(F)F)c3)CO1)CC2. The van der Waals surface area contributed by atoms with E-state index in [1.165, 1.54) is 29.2 Å². The van der Waals surface area contributed by atoms with Crippen LogP contribution in [-0.2, 0) is 53.6 Å². The molecule has 3 aliphatic heterocycles. The van der Waals surface area contributed by atoms with Crippen LogP contribution in [0.1, 0.15) is 84.6 Å². The first-order valence-corrected chi connectivity index (χ1v) is 22.8. The van der Waals surface area contributed by atoms with Gasteiger partial charge in [-0.15, -0.1) is 0 Å². The van der Waals surface area contributed by atoms with Crippen molar-refractivity contribution in [1.29, 1.82) is 0 Å². The van der Waals surface area contributed by atoms with Crippen LogP contribution >= 0.6 is 0 Å². The number of carbonyl (C=O) groups is 4. The van der Waals surface area contributed by atoms with Gasteiger partial charge in [0.25, 0.3) is 5.91 Å². The summed E-state index contributed by atoms with van der Waals surface area (Å²) < 4.78 is 114. The molecule has 3 aromatic carbocycles. The number of fused-ring (bicyclic) bond motifs is 2. The number of halogens is 7. The van der Waals surface area contributed by atoms with E-state index >= 15 is 0 Å². The number of ether oxygens (including phenoxy) is 3. The van der Waals surface area contributed by atoms with Crippen molar-refractivity contribution < 1.29 is 64.1 Å². The molecule has 68 heavy (non-hydrogen) atoms. The number of alkyl halides is 6. The molecule has 19 heteroatoms. The average molecular weight is 962 g/mol. The Labute approximate surface area is 391 Å². The second-order valence-corrected chi connectivity index (χ2v) is 19.5. The molecule has 12 nitrogen and oxygen atoms in total. The average Bonchev–Trinajstić information content (AvgIpc) is 3.83. The van der Waals surface area contributed by atoms with Gasteiger partial charge in [0, 0.05) is 57.8 Å².